The minimum Gasteiger partial charge on any atom is -0.314 e. The minimum absolute atomic E-state index is 0.676. The second-order valence-electron chi connectivity index (χ2n) is 6.21. The summed E-state index contributed by atoms with van der Waals surface area (Å²) in [6.45, 7) is 13.1. The van der Waals surface area contributed by atoms with Crippen molar-refractivity contribution in [3.8, 4) is 0 Å². The highest BCUT2D eigenvalue weighted by atomic mass is 15.2. The molecule has 114 valence electrons. The summed E-state index contributed by atoms with van der Waals surface area (Å²) in [6.07, 6.45) is 6.49. The lowest BCUT2D eigenvalue weighted by Crippen LogP contribution is -2.40. The van der Waals surface area contributed by atoms with Gasteiger partial charge in [0.1, 0.15) is 0 Å². The third kappa shape index (κ3) is 6.73. The Hall–Kier alpha value is -0.120. The van der Waals surface area contributed by atoms with E-state index >= 15 is 0 Å². The van der Waals surface area contributed by atoms with Gasteiger partial charge in [-0.1, -0.05) is 13.8 Å². The van der Waals surface area contributed by atoms with Crippen molar-refractivity contribution >= 4 is 0 Å². The SMILES string of the molecule is CCCNC(C)CCCN1CCCN(C)CC1CC. The van der Waals surface area contributed by atoms with Crippen LogP contribution in [-0.4, -0.2) is 61.7 Å². The molecule has 0 aliphatic carbocycles. The largest absolute Gasteiger partial charge is 0.314 e. The normalized spacial score (nSPS) is 24.3. The van der Waals surface area contributed by atoms with E-state index < -0.39 is 0 Å². The molecule has 0 bridgehead atoms. The quantitative estimate of drug-likeness (QED) is 0.730. The lowest BCUT2D eigenvalue weighted by atomic mass is 10.1. The van der Waals surface area contributed by atoms with Gasteiger partial charge in [-0.15, -0.1) is 0 Å². The number of nitrogens with zero attached hydrogens (tertiary/aromatic N) is 2. The topological polar surface area (TPSA) is 18.5 Å². The van der Waals surface area contributed by atoms with E-state index in [2.05, 4.69) is 42.9 Å². The van der Waals surface area contributed by atoms with Gasteiger partial charge in [0.2, 0.25) is 0 Å². The zero-order valence-electron chi connectivity index (χ0n) is 13.6. The molecule has 1 aliphatic heterocycles. The smallest absolute Gasteiger partial charge is 0.0220 e. The van der Waals surface area contributed by atoms with Gasteiger partial charge in [-0.2, -0.15) is 0 Å². The number of rotatable bonds is 8. The van der Waals surface area contributed by atoms with Gasteiger partial charge in [-0.25, -0.2) is 0 Å². The molecule has 0 aromatic heterocycles. The van der Waals surface area contributed by atoms with Crippen molar-refractivity contribution in [2.75, 3.05) is 39.8 Å². The van der Waals surface area contributed by atoms with Crippen molar-refractivity contribution in [1.82, 2.24) is 15.1 Å². The molecule has 0 saturated carbocycles. The maximum Gasteiger partial charge on any atom is 0.0220 e. The summed E-state index contributed by atoms with van der Waals surface area (Å²) >= 11 is 0. The van der Waals surface area contributed by atoms with Gasteiger partial charge < -0.3 is 10.2 Å². The van der Waals surface area contributed by atoms with Crippen molar-refractivity contribution < 1.29 is 0 Å². The summed E-state index contributed by atoms with van der Waals surface area (Å²) in [5.41, 5.74) is 0. The van der Waals surface area contributed by atoms with Crippen LogP contribution in [0.3, 0.4) is 0 Å². The van der Waals surface area contributed by atoms with Crippen LogP contribution >= 0.6 is 0 Å². The summed E-state index contributed by atoms with van der Waals surface area (Å²) < 4.78 is 0. The molecule has 1 N–H and O–H groups in total. The van der Waals surface area contributed by atoms with Crippen LogP contribution in [0.5, 0.6) is 0 Å². The summed E-state index contributed by atoms with van der Waals surface area (Å²) in [6, 6.07) is 1.45. The fourth-order valence-electron chi connectivity index (χ4n) is 3.07. The highest BCUT2D eigenvalue weighted by molar-refractivity contribution is 4.78. The van der Waals surface area contributed by atoms with Crippen LogP contribution in [0.15, 0.2) is 0 Å². The van der Waals surface area contributed by atoms with Crippen LogP contribution in [0, 0.1) is 0 Å². The fraction of sp³-hybridized carbons (Fsp3) is 1.00. The maximum absolute atomic E-state index is 3.59. The first-order valence-corrected chi connectivity index (χ1v) is 8.33. The first kappa shape index (κ1) is 16.9. The highest BCUT2D eigenvalue weighted by Crippen LogP contribution is 2.13. The monoisotopic (exact) mass is 269 g/mol. The molecule has 1 fully saturated rings. The van der Waals surface area contributed by atoms with Crippen molar-refractivity contribution in [1.29, 1.82) is 0 Å². The zero-order chi connectivity index (χ0) is 14.1. The minimum atomic E-state index is 0.676. The van der Waals surface area contributed by atoms with Gasteiger partial charge in [-0.3, -0.25) is 4.90 Å². The van der Waals surface area contributed by atoms with Gasteiger partial charge in [0.05, 0.1) is 0 Å². The van der Waals surface area contributed by atoms with Crippen LogP contribution in [0.25, 0.3) is 0 Å². The van der Waals surface area contributed by atoms with Crippen LogP contribution < -0.4 is 5.32 Å². The molecular formula is C16H35N3. The Kier molecular flexibility index (Phi) is 8.67. The summed E-state index contributed by atoms with van der Waals surface area (Å²) in [5.74, 6) is 0. The Labute approximate surface area is 120 Å². The van der Waals surface area contributed by atoms with E-state index in [-0.39, 0.29) is 0 Å². The predicted molar refractivity (Wildman–Crippen MR) is 84.8 cm³/mol. The molecule has 0 aromatic carbocycles. The molecule has 1 heterocycles. The van der Waals surface area contributed by atoms with Crippen molar-refractivity contribution in [2.45, 2.75) is 65.0 Å². The van der Waals surface area contributed by atoms with E-state index in [9.17, 15) is 0 Å². The Morgan fingerprint density at radius 2 is 2.05 bits per heavy atom. The first-order chi connectivity index (χ1) is 9.17. The second-order valence-corrected chi connectivity index (χ2v) is 6.21. The number of nitrogens with one attached hydrogen (secondary N) is 1. The second kappa shape index (κ2) is 9.73. The van der Waals surface area contributed by atoms with Crippen LogP contribution in [0.2, 0.25) is 0 Å². The maximum atomic E-state index is 3.59. The lowest BCUT2D eigenvalue weighted by Gasteiger charge is -2.30. The van der Waals surface area contributed by atoms with E-state index in [0.29, 0.717) is 6.04 Å². The van der Waals surface area contributed by atoms with Crippen molar-refractivity contribution in [3.05, 3.63) is 0 Å². The molecule has 1 aliphatic rings. The molecule has 0 amide bonds. The van der Waals surface area contributed by atoms with Gasteiger partial charge in [0.25, 0.3) is 0 Å². The van der Waals surface area contributed by atoms with Crippen LogP contribution in [0.4, 0.5) is 0 Å². The predicted octanol–water partition coefficient (Wildman–Crippen LogP) is 2.57. The molecule has 2 atom stereocenters. The van der Waals surface area contributed by atoms with Crippen LogP contribution in [-0.2, 0) is 0 Å². The molecular weight excluding hydrogens is 234 g/mol. The van der Waals surface area contributed by atoms with Crippen LogP contribution in [0.1, 0.15) is 52.9 Å². The Balaban J connectivity index is 2.25. The van der Waals surface area contributed by atoms with E-state index in [1.807, 2.05) is 0 Å². The van der Waals surface area contributed by atoms with Gasteiger partial charge in [-0.05, 0) is 72.3 Å². The Morgan fingerprint density at radius 3 is 2.74 bits per heavy atom. The van der Waals surface area contributed by atoms with Gasteiger partial charge in [0, 0.05) is 18.6 Å². The molecule has 2 unspecified atom stereocenters. The Morgan fingerprint density at radius 1 is 1.26 bits per heavy atom. The molecule has 0 radical (unpaired) electrons. The standard InChI is InChI=1S/C16H35N3/c1-5-10-17-15(3)9-7-12-19-13-8-11-18(4)14-16(19)6-2/h15-17H,5-14H2,1-4H3. The lowest BCUT2D eigenvalue weighted by molar-refractivity contribution is 0.179. The third-order valence-corrected chi connectivity index (χ3v) is 4.32. The first-order valence-electron chi connectivity index (χ1n) is 8.33. The number of likely N-dealkylation sites (N-methyl/N-ethyl adjacent to an activating group) is 1. The Bertz CT molecular complexity index is 220. The highest BCUT2D eigenvalue weighted by Gasteiger charge is 2.21. The molecule has 0 aromatic rings. The molecule has 3 nitrogen and oxygen atoms in total. The van der Waals surface area contributed by atoms with E-state index in [4.69, 9.17) is 0 Å². The molecule has 19 heavy (non-hydrogen) atoms. The van der Waals surface area contributed by atoms with E-state index in [1.165, 1.54) is 58.3 Å². The summed E-state index contributed by atoms with van der Waals surface area (Å²) in [7, 11) is 2.27. The molecule has 3 heteroatoms. The average Bonchev–Trinajstić information content (AvgIpc) is 2.58. The van der Waals surface area contributed by atoms with E-state index in [0.717, 1.165) is 12.6 Å². The van der Waals surface area contributed by atoms with Gasteiger partial charge >= 0.3 is 0 Å². The average molecular weight is 269 g/mol. The van der Waals surface area contributed by atoms with Crippen molar-refractivity contribution in [2.24, 2.45) is 0 Å². The fourth-order valence-corrected chi connectivity index (χ4v) is 3.07. The zero-order valence-corrected chi connectivity index (χ0v) is 13.6. The number of hydrogen-bond acceptors (Lipinski definition) is 3. The van der Waals surface area contributed by atoms with E-state index in [1.54, 1.807) is 0 Å². The molecule has 1 rings (SSSR count). The summed E-state index contributed by atoms with van der Waals surface area (Å²) in [5, 5.41) is 3.59. The number of hydrogen-bond donors (Lipinski definition) is 1. The van der Waals surface area contributed by atoms with Crippen molar-refractivity contribution in [3.63, 3.8) is 0 Å². The van der Waals surface area contributed by atoms with Gasteiger partial charge in [0.15, 0.2) is 0 Å². The molecule has 1 saturated heterocycles. The summed E-state index contributed by atoms with van der Waals surface area (Å²) in [4.78, 5) is 5.23. The molecule has 0 spiro atoms. The third-order valence-electron chi connectivity index (χ3n) is 4.32.